The Labute approximate surface area is 141 Å². The Hall–Kier alpha value is -2.66. The number of esters is 1. The van der Waals surface area contributed by atoms with Gasteiger partial charge in [0, 0.05) is 6.42 Å². The average Bonchev–Trinajstić information content (AvgIpc) is 2.64. The van der Waals surface area contributed by atoms with Gasteiger partial charge in [-0.25, -0.2) is 4.79 Å². The zero-order valence-electron chi connectivity index (χ0n) is 13.4. The van der Waals surface area contributed by atoms with Crippen LogP contribution in [0.15, 0.2) is 60.7 Å². The molecule has 0 heterocycles. The van der Waals surface area contributed by atoms with Crippen molar-refractivity contribution in [3.8, 4) is 0 Å². The lowest BCUT2D eigenvalue weighted by Crippen LogP contribution is -2.44. The summed E-state index contributed by atoms with van der Waals surface area (Å²) in [5, 5.41) is 11.8. The second kappa shape index (κ2) is 9.47. The van der Waals surface area contributed by atoms with Crippen LogP contribution in [0.25, 0.3) is 0 Å². The van der Waals surface area contributed by atoms with Crippen molar-refractivity contribution in [3.63, 3.8) is 0 Å². The Morgan fingerprint density at radius 2 is 1.54 bits per heavy atom. The quantitative estimate of drug-likeness (QED) is 0.726. The van der Waals surface area contributed by atoms with E-state index in [1.807, 2.05) is 60.7 Å². The van der Waals surface area contributed by atoms with E-state index >= 15 is 0 Å². The van der Waals surface area contributed by atoms with E-state index in [0.29, 0.717) is 6.42 Å². The van der Waals surface area contributed by atoms with Crippen molar-refractivity contribution in [1.82, 2.24) is 5.32 Å². The Balaban J connectivity index is 1.77. The Bertz CT molecular complexity index is 643. The summed E-state index contributed by atoms with van der Waals surface area (Å²) in [6.45, 7) is -0.388. The molecule has 2 aromatic rings. The molecule has 1 atom stereocenters. The molecule has 5 nitrogen and oxygen atoms in total. The molecule has 0 aliphatic rings. The van der Waals surface area contributed by atoms with Crippen LogP contribution in [0.4, 0.5) is 0 Å². The lowest BCUT2D eigenvalue weighted by atomic mass is 10.1. The van der Waals surface area contributed by atoms with Crippen molar-refractivity contribution < 1.29 is 19.4 Å². The van der Waals surface area contributed by atoms with E-state index in [0.717, 1.165) is 11.1 Å². The summed E-state index contributed by atoms with van der Waals surface area (Å²) >= 11 is 0. The van der Waals surface area contributed by atoms with Crippen molar-refractivity contribution in [3.05, 3.63) is 71.8 Å². The maximum absolute atomic E-state index is 12.0. The first-order valence-corrected chi connectivity index (χ1v) is 7.83. The third-order valence-electron chi connectivity index (χ3n) is 3.51. The molecule has 2 rings (SSSR count). The maximum atomic E-state index is 12.0. The lowest BCUT2D eigenvalue weighted by Gasteiger charge is -2.15. The fraction of sp³-hybridized carbons (Fsp3) is 0.263. The number of benzene rings is 2. The first-order chi connectivity index (χ1) is 11.7. The van der Waals surface area contributed by atoms with E-state index in [1.165, 1.54) is 0 Å². The Morgan fingerprint density at radius 1 is 0.958 bits per heavy atom. The summed E-state index contributed by atoms with van der Waals surface area (Å²) < 4.78 is 5.13. The highest BCUT2D eigenvalue weighted by molar-refractivity contribution is 5.84. The van der Waals surface area contributed by atoms with E-state index < -0.39 is 18.6 Å². The molecule has 0 fully saturated rings. The molecule has 0 saturated heterocycles. The number of amides is 1. The van der Waals surface area contributed by atoms with E-state index in [9.17, 15) is 14.7 Å². The van der Waals surface area contributed by atoms with Gasteiger partial charge < -0.3 is 15.2 Å². The van der Waals surface area contributed by atoms with Gasteiger partial charge in [-0.2, -0.15) is 0 Å². The van der Waals surface area contributed by atoms with Crippen LogP contribution in [0.5, 0.6) is 0 Å². The molecule has 2 aromatic carbocycles. The minimum atomic E-state index is -1.04. The van der Waals surface area contributed by atoms with Crippen molar-refractivity contribution >= 4 is 11.9 Å². The summed E-state index contributed by atoms with van der Waals surface area (Å²) in [5.41, 5.74) is 1.89. The van der Waals surface area contributed by atoms with E-state index in [1.54, 1.807) is 0 Å². The van der Waals surface area contributed by atoms with Crippen molar-refractivity contribution in [2.75, 3.05) is 6.61 Å². The third-order valence-corrected chi connectivity index (χ3v) is 3.51. The zero-order chi connectivity index (χ0) is 17.2. The number of aryl methyl sites for hydroxylation is 1. The van der Waals surface area contributed by atoms with Crippen LogP contribution < -0.4 is 5.32 Å². The lowest BCUT2D eigenvalue weighted by molar-refractivity contribution is -0.150. The number of carbonyl (C=O) groups is 2. The molecule has 1 amide bonds. The second-order valence-electron chi connectivity index (χ2n) is 5.38. The number of carbonyl (C=O) groups excluding carboxylic acids is 2. The highest BCUT2D eigenvalue weighted by atomic mass is 16.5. The smallest absolute Gasteiger partial charge is 0.331 e. The van der Waals surface area contributed by atoms with Crippen LogP contribution in [0.2, 0.25) is 0 Å². The molecule has 0 aliphatic carbocycles. The number of aliphatic hydroxyl groups excluding tert-OH is 1. The van der Waals surface area contributed by atoms with Crippen molar-refractivity contribution in [2.45, 2.75) is 25.5 Å². The first-order valence-electron chi connectivity index (χ1n) is 7.83. The summed E-state index contributed by atoms with van der Waals surface area (Å²) in [5.74, 6) is -0.941. The highest BCUT2D eigenvalue weighted by Crippen LogP contribution is 2.04. The van der Waals surface area contributed by atoms with Crippen molar-refractivity contribution in [1.29, 1.82) is 0 Å². The number of aliphatic hydroxyl groups is 1. The van der Waals surface area contributed by atoms with Gasteiger partial charge in [0.2, 0.25) is 5.91 Å². The topological polar surface area (TPSA) is 75.6 Å². The van der Waals surface area contributed by atoms with Gasteiger partial charge >= 0.3 is 5.97 Å². The number of nitrogens with one attached hydrogen (secondary N) is 1. The molecule has 0 bridgehead atoms. The zero-order valence-corrected chi connectivity index (χ0v) is 13.4. The molecular formula is C19H21NO4. The summed E-state index contributed by atoms with van der Waals surface area (Å²) in [7, 11) is 0. The normalized spacial score (nSPS) is 11.5. The van der Waals surface area contributed by atoms with E-state index in [-0.39, 0.29) is 18.9 Å². The molecule has 0 unspecified atom stereocenters. The maximum Gasteiger partial charge on any atom is 0.331 e. The van der Waals surface area contributed by atoms with E-state index in [2.05, 4.69) is 5.32 Å². The minimum absolute atomic E-state index is 0.107. The van der Waals surface area contributed by atoms with Gasteiger partial charge in [-0.05, 0) is 17.5 Å². The molecule has 126 valence electrons. The van der Waals surface area contributed by atoms with Crippen LogP contribution in [-0.2, 0) is 27.4 Å². The number of rotatable bonds is 8. The highest BCUT2D eigenvalue weighted by Gasteiger charge is 2.21. The molecular weight excluding hydrogens is 306 g/mol. The molecule has 0 aliphatic heterocycles. The van der Waals surface area contributed by atoms with Crippen LogP contribution in [0.3, 0.4) is 0 Å². The predicted octanol–water partition coefficient (Wildman–Crippen LogP) is 1.84. The van der Waals surface area contributed by atoms with Gasteiger partial charge in [0.25, 0.3) is 0 Å². The standard InChI is InChI=1S/C19H21NO4/c21-13-17(19(23)24-14-16-9-5-2-6-10-16)20-18(22)12-11-15-7-3-1-4-8-15/h1-10,17,21H,11-14H2,(H,20,22)/t17-/m0/s1. The van der Waals surface area contributed by atoms with Gasteiger partial charge in [0.15, 0.2) is 6.04 Å². The fourth-order valence-corrected chi connectivity index (χ4v) is 2.18. The second-order valence-corrected chi connectivity index (χ2v) is 5.38. The molecule has 0 spiro atoms. The average molecular weight is 327 g/mol. The summed E-state index contributed by atoms with van der Waals surface area (Å²) in [6, 6.07) is 17.8. The van der Waals surface area contributed by atoms with Crippen LogP contribution >= 0.6 is 0 Å². The Kier molecular flexibility index (Phi) is 6.98. The first kappa shape index (κ1) is 17.7. The van der Waals surface area contributed by atoms with Gasteiger partial charge in [-0.1, -0.05) is 60.7 Å². The molecule has 5 heteroatoms. The third kappa shape index (κ3) is 5.85. The molecule has 0 radical (unpaired) electrons. The van der Waals surface area contributed by atoms with Gasteiger partial charge in [0.1, 0.15) is 6.61 Å². The molecule has 0 aromatic heterocycles. The fourth-order valence-electron chi connectivity index (χ4n) is 2.18. The number of hydrogen-bond acceptors (Lipinski definition) is 4. The number of ether oxygens (including phenoxy) is 1. The largest absolute Gasteiger partial charge is 0.459 e. The van der Waals surface area contributed by atoms with Crippen molar-refractivity contribution in [2.24, 2.45) is 0 Å². The number of hydrogen-bond donors (Lipinski definition) is 2. The summed E-state index contributed by atoms with van der Waals surface area (Å²) in [6.07, 6.45) is 0.816. The molecule has 24 heavy (non-hydrogen) atoms. The minimum Gasteiger partial charge on any atom is -0.459 e. The van der Waals surface area contributed by atoms with Crippen LogP contribution in [0.1, 0.15) is 17.5 Å². The molecule has 2 N–H and O–H groups in total. The van der Waals surface area contributed by atoms with E-state index in [4.69, 9.17) is 4.74 Å². The predicted molar refractivity (Wildman–Crippen MR) is 90.0 cm³/mol. The van der Waals surface area contributed by atoms with Gasteiger partial charge in [-0.15, -0.1) is 0 Å². The SMILES string of the molecule is O=C(CCc1ccccc1)N[C@@H](CO)C(=O)OCc1ccccc1. The Morgan fingerprint density at radius 3 is 2.12 bits per heavy atom. The monoisotopic (exact) mass is 327 g/mol. The van der Waals surface area contributed by atoms with Crippen LogP contribution in [0, 0.1) is 0 Å². The van der Waals surface area contributed by atoms with Crippen LogP contribution in [-0.4, -0.2) is 29.6 Å². The summed E-state index contributed by atoms with van der Waals surface area (Å²) in [4.78, 5) is 23.9. The molecule has 0 saturated carbocycles. The van der Waals surface area contributed by atoms with Gasteiger partial charge in [-0.3, -0.25) is 4.79 Å². The van der Waals surface area contributed by atoms with Gasteiger partial charge in [0.05, 0.1) is 6.61 Å².